The van der Waals surface area contributed by atoms with Crippen molar-refractivity contribution >= 4 is 17.3 Å². The molecule has 0 radical (unpaired) electrons. The van der Waals surface area contributed by atoms with Crippen LogP contribution in [0.5, 0.6) is 0 Å². The molecule has 3 aromatic carbocycles. The Kier molecular flexibility index (Phi) is 4.69. The summed E-state index contributed by atoms with van der Waals surface area (Å²) in [5, 5.41) is 4.59. The Morgan fingerprint density at radius 3 is 2.48 bits per heavy atom. The molecule has 1 spiro atoms. The largest absolute Gasteiger partial charge is 0.377 e. The monoisotopic (exact) mass is 400 g/mol. The van der Waals surface area contributed by atoms with Crippen molar-refractivity contribution < 1.29 is 0 Å². The average molecular weight is 401 g/mol. The number of benzene rings is 3. The van der Waals surface area contributed by atoms with Gasteiger partial charge in [0.05, 0.1) is 6.04 Å². The van der Waals surface area contributed by atoms with E-state index in [2.05, 4.69) is 95.7 Å². The minimum Gasteiger partial charge on any atom is -0.377 e. The van der Waals surface area contributed by atoms with Crippen molar-refractivity contribution in [2.24, 2.45) is 5.92 Å². The summed E-state index contributed by atoms with van der Waals surface area (Å²) in [7, 11) is 0. The molecular weight excluding hydrogens is 376 g/mol. The van der Waals surface area contributed by atoms with E-state index in [9.17, 15) is 0 Å². The highest BCUT2D eigenvalue weighted by molar-refractivity contribution is 6.30. The zero-order chi connectivity index (χ0) is 19.8. The fourth-order valence-corrected chi connectivity index (χ4v) is 5.51. The van der Waals surface area contributed by atoms with Gasteiger partial charge in [0.15, 0.2) is 0 Å². The molecule has 1 fully saturated rings. The number of likely N-dealkylation sites (tertiary alicyclic amines) is 1. The topological polar surface area (TPSA) is 15.3 Å². The highest BCUT2D eigenvalue weighted by Crippen LogP contribution is 2.56. The first-order chi connectivity index (χ1) is 14.2. The number of fused-ring (bicyclic) bond motifs is 2. The zero-order valence-corrected chi connectivity index (χ0v) is 17.1. The Morgan fingerprint density at radius 2 is 1.76 bits per heavy atom. The van der Waals surface area contributed by atoms with Crippen molar-refractivity contribution in [1.82, 2.24) is 4.90 Å². The summed E-state index contributed by atoms with van der Waals surface area (Å²) in [5.41, 5.74) is 5.12. The molecule has 1 N–H and O–H groups in total. The van der Waals surface area contributed by atoms with E-state index in [1.807, 2.05) is 6.07 Å². The molecule has 29 heavy (non-hydrogen) atoms. The second-order valence-electron chi connectivity index (χ2n) is 8.22. The van der Waals surface area contributed by atoms with Gasteiger partial charge in [0.25, 0.3) is 0 Å². The third kappa shape index (κ3) is 3.08. The van der Waals surface area contributed by atoms with E-state index in [0.29, 0.717) is 5.92 Å². The minimum absolute atomic E-state index is 0.0577. The summed E-state index contributed by atoms with van der Waals surface area (Å²) in [6.45, 7) is 7.19. The molecule has 2 aliphatic rings. The van der Waals surface area contributed by atoms with Gasteiger partial charge in [-0.3, -0.25) is 4.90 Å². The second-order valence-corrected chi connectivity index (χ2v) is 8.65. The average Bonchev–Trinajstić information content (AvgIpc) is 3.27. The normalized spacial score (nSPS) is 25.7. The third-order valence-corrected chi connectivity index (χ3v) is 6.80. The lowest BCUT2D eigenvalue weighted by Gasteiger charge is -2.36. The highest BCUT2D eigenvalue weighted by Gasteiger charge is 2.56. The van der Waals surface area contributed by atoms with Crippen LogP contribution in [0.3, 0.4) is 0 Å². The maximum absolute atomic E-state index is 6.35. The smallest absolute Gasteiger partial charge is 0.0629 e. The summed E-state index contributed by atoms with van der Waals surface area (Å²) >= 11 is 6.35. The summed E-state index contributed by atoms with van der Waals surface area (Å²) in [4.78, 5) is 2.57. The van der Waals surface area contributed by atoms with Crippen molar-refractivity contribution in [3.05, 3.63) is 113 Å². The van der Waals surface area contributed by atoms with Crippen molar-refractivity contribution in [2.75, 3.05) is 18.4 Å². The number of hydrogen-bond acceptors (Lipinski definition) is 2. The molecule has 5 rings (SSSR count). The molecule has 2 heterocycles. The fourth-order valence-electron chi connectivity index (χ4n) is 5.34. The Labute approximate surface area is 177 Å². The van der Waals surface area contributed by atoms with Gasteiger partial charge < -0.3 is 5.32 Å². The fraction of sp³-hybridized carbons (Fsp3) is 0.231. The van der Waals surface area contributed by atoms with Crippen molar-refractivity contribution in [3.63, 3.8) is 0 Å². The van der Waals surface area contributed by atoms with Crippen LogP contribution in [0.25, 0.3) is 0 Å². The van der Waals surface area contributed by atoms with Gasteiger partial charge in [0.1, 0.15) is 0 Å². The first-order valence-corrected chi connectivity index (χ1v) is 10.6. The van der Waals surface area contributed by atoms with E-state index >= 15 is 0 Å². The van der Waals surface area contributed by atoms with Crippen molar-refractivity contribution in [3.8, 4) is 0 Å². The lowest BCUT2D eigenvalue weighted by molar-refractivity contribution is 0.292. The van der Waals surface area contributed by atoms with Gasteiger partial charge >= 0.3 is 0 Å². The maximum atomic E-state index is 6.35. The van der Waals surface area contributed by atoms with Crippen LogP contribution in [0.4, 0.5) is 5.69 Å². The third-order valence-electron chi connectivity index (χ3n) is 6.57. The number of rotatable bonds is 4. The van der Waals surface area contributed by atoms with E-state index < -0.39 is 0 Å². The van der Waals surface area contributed by atoms with Gasteiger partial charge in [0.2, 0.25) is 0 Å². The van der Waals surface area contributed by atoms with Gasteiger partial charge in [-0.2, -0.15) is 0 Å². The van der Waals surface area contributed by atoms with Crippen molar-refractivity contribution in [1.29, 1.82) is 0 Å². The predicted octanol–water partition coefficient (Wildman–Crippen LogP) is 6.06. The first-order valence-electron chi connectivity index (χ1n) is 10.2. The Morgan fingerprint density at radius 1 is 1.03 bits per heavy atom. The number of anilines is 1. The molecule has 0 bridgehead atoms. The molecule has 2 nitrogen and oxygen atoms in total. The van der Waals surface area contributed by atoms with Gasteiger partial charge in [-0.05, 0) is 28.8 Å². The molecule has 0 unspecified atom stereocenters. The number of hydrogen-bond donors (Lipinski definition) is 1. The van der Waals surface area contributed by atoms with Gasteiger partial charge in [-0.1, -0.05) is 84.4 Å². The first kappa shape index (κ1) is 18.5. The van der Waals surface area contributed by atoms with E-state index in [0.717, 1.165) is 30.3 Å². The quantitative estimate of drug-likeness (QED) is 0.535. The van der Waals surface area contributed by atoms with Crippen LogP contribution >= 0.6 is 11.6 Å². The number of nitrogens with zero attached hydrogens (tertiary/aromatic N) is 1. The molecule has 3 aromatic rings. The number of halogens is 1. The zero-order valence-electron chi connectivity index (χ0n) is 16.4. The molecular formula is C26H25ClN2. The minimum atomic E-state index is -0.0577. The molecule has 3 atom stereocenters. The molecule has 0 aliphatic carbocycles. The Hall–Kier alpha value is -2.55. The summed E-state index contributed by atoms with van der Waals surface area (Å²) in [5.74, 6) is 0.353. The maximum Gasteiger partial charge on any atom is 0.0629 e. The summed E-state index contributed by atoms with van der Waals surface area (Å²) < 4.78 is 0. The van der Waals surface area contributed by atoms with Crippen LogP contribution < -0.4 is 5.32 Å². The van der Waals surface area contributed by atoms with Gasteiger partial charge in [0, 0.05) is 41.7 Å². The SMILES string of the molecule is C=C[C@H]1CN(Cc2ccccc2)C[C@]12c1ccc(Cl)cc1N[C@H]2c1ccccc1. The van der Waals surface area contributed by atoms with E-state index in [-0.39, 0.29) is 11.5 Å². The number of nitrogens with one attached hydrogen (secondary N) is 1. The molecule has 3 heteroatoms. The Bertz CT molecular complexity index is 1020. The molecule has 146 valence electrons. The van der Waals surface area contributed by atoms with Crippen LogP contribution in [-0.4, -0.2) is 18.0 Å². The summed E-state index contributed by atoms with van der Waals surface area (Å²) in [6, 6.07) is 28.0. The molecule has 0 saturated carbocycles. The highest BCUT2D eigenvalue weighted by atomic mass is 35.5. The molecule has 1 saturated heterocycles. The van der Waals surface area contributed by atoms with Crippen LogP contribution in [0.2, 0.25) is 5.02 Å². The van der Waals surface area contributed by atoms with Gasteiger partial charge in [-0.15, -0.1) is 6.58 Å². The van der Waals surface area contributed by atoms with E-state index in [4.69, 9.17) is 11.6 Å². The summed E-state index contributed by atoms with van der Waals surface area (Å²) in [6.07, 6.45) is 2.16. The second kappa shape index (κ2) is 7.37. The predicted molar refractivity (Wildman–Crippen MR) is 121 cm³/mol. The van der Waals surface area contributed by atoms with Crippen LogP contribution in [0.1, 0.15) is 22.7 Å². The van der Waals surface area contributed by atoms with Crippen LogP contribution in [0.15, 0.2) is 91.5 Å². The van der Waals surface area contributed by atoms with Crippen LogP contribution in [-0.2, 0) is 12.0 Å². The molecule has 0 aromatic heterocycles. The molecule has 2 aliphatic heterocycles. The van der Waals surface area contributed by atoms with E-state index in [1.165, 1.54) is 16.7 Å². The van der Waals surface area contributed by atoms with Gasteiger partial charge in [-0.25, -0.2) is 0 Å². The van der Waals surface area contributed by atoms with E-state index in [1.54, 1.807) is 0 Å². The Balaban J connectivity index is 1.59. The lowest BCUT2D eigenvalue weighted by atomic mass is 9.67. The van der Waals surface area contributed by atoms with Crippen molar-refractivity contribution in [2.45, 2.75) is 18.0 Å². The van der Waals surface area contributed by atoms with Crippen LogP contribution in [0, 0.1) is 5.92 Å². The lowest BCUT2D eigenvalue weighted by Crippen LogP contribution is -2.39. The molecule has 0 amide bonds. The standard InChI is InChI=1S/C26H25ClN2/c1-2-21-17-29(16-19-9-5-3-6-10-19)18-26(21)23-14-13-22(27)15-24(23)28-25(26)20-11-7-4-8-12-20/h2-15,21,25,28H,1,16-18H2/t21-,25-,26+/m0/s1.